The van der Waals surface area contributed by atoms with E-state index in [2.05, 4.69) is 13.8 Å². The van der Waals surface area contributed by atoms with E-state index in [1.54, 1.807) is 7.11 Å². The van der Waals surface area contributed by atoms with Crippen molar-refractivity contribution in [1.29, 1.82) is 0 Å². The van der Waals surface area contributed by atoms with Crippen molar-refractivity contribution in [2.24, 2.45) is 11.8 Å². The van der Waals surface area contributed by atoms with Crippen molar-refractivity contribution in [3.8, 4) is 0 Å². The van der Waals surface area contributed by atoms with Gasteiger partial charge in [-0.1, -0.05) is 13.8 Å². The summed E-state index contributed by atoms with van der Waals surface area (Å²) in [5.41, 5.74) is 0. The molecule has 0 bridgehead atoms. The smallest absolute Gasteiger partial charge is 0.0501 e. The molecule has 1 atom stereocenters. The van der Waals surface area contributed by atoms with Gasteiger partial charge in [-0.2, -0.15) is 0 Å². The molecule has 0 saturated heterocycles. The van der Waals surface area contributed by atoms with Crippen LogP contribution < -0.4 is 0 Å². The Balaban J connectivity index is 3.39. The molecule has 0 aliphatic heterocycles. The van der Waals surface area contributed by atoms with Gasteiger partial charge < -0.3 is 4.74 Å². The van der Waals surface area contributed by atoms with Gasteiger partial charge in [0.15, 0.2) is 0 Å². The average Bonchev–Trinajstić information content (AvgIpc) is 1.86. The third kappa shape index (κ3) is 5.07. The molecule has 0 fully saturated rings. The lowest BCUT2D eigenvalue weighted by Crippen LogP contribution is -2.12. The highest BCUT2D eigenvalue weighted by Gasteiger charge is 2.08. The first-order valence-corrected chi connectivity index (χ1v) is 4.29. The summed E-state index contributed by atoms with van der Waals surface area (Å²) in [5.74, 6) is 1.97. The zero-order valence-corrected chi connectivity index (χ0v) is 7.82. The summed E-state index contributed by atoms with van der Waals surface area (Å²) in [5, 5.41) is 0. The van der Waals surface area contributed by atoms with Crippen molar-refractivity contribution in [3.05, 3.63) is 0 Å². The lowest BCUT2D eigenvalue weighted by molar-refractivity contribution is 0.150. The summed E-state index contributed by atoms with van der Waals surface area (Å²) in [7, 11) is 1.72. The molecule has 0 N–H and O–H groups in total. The summed E-state index contributed by atoms with van der Waals surface area (Å²) >= 11 is 5.71. The number of ether oxygens (including phenoxy) is 1. The van der Waals surface area contributed by atoms with Crippen LogP contribution >= 0.6 is 11.6 Å². The Morgan fingerprint density at radius 2 is 2.00 bits per heavy atom. The van der Waals surface area contributed by atoms with Gasteiger partial charge in [-0.25, -0.2) is 0 Å². The molecule has 0 radical (unpaired) electrons. The second kappa shape index (κ2) is 5.99. The normalized spacial score (nSPS) is 14.1. The number of methoxy groups -OCH3 is 1. The zero-order chi connectivity index (χ0) is 7.98. The highest BCUT2D eigenvalue weighted by Crippen LogP contribution is 2.12. The Morgan fingerprint density at radius 1 is 1.40 bits per heavy atom. The number of hydrogen-bond donors (Lipinski definition) is 0. The van der Waals surface area contributed by atoms with E-state index >= 15 is 0 Å². The molecule has 10 heavy (non-hydrogen) atoms. The first-order chi connectivity index (χ1) is 4.70. The predicted octanol–water partition coefficient (Wildman–Crippen LogP) is 2.53. The predicted molar refractivity (Wildman–Crippen MR) is 45.5 cm³/mol. The molecule has 0 aliphatic carbocycles. The lowest BCUT2D eigenvalue weighted by Gasteiger charge is -2.14. The van der Waals surface area contributed by atoms with E-state index in [0.717, 1.165) is 18.9 Å². The quantitative estimate of drug-likeness (QED) is 0.568. The van der Waals surface area contributed by atoms with Gasteiger partial charge in [-0.15, -0.1) is 11.6 Å². The second-order valence-electron chi connectivity index (χ2n) is 3.11. The molecule has 0 aromatic carbocycles. The number of halogens is 1. The van der Waals surface area contributed by atoms with Crippen LogP contribution in [0, 0.1) is 11.8 Å². The van der Waals surface area contributed by atoms with Gasteiger partial charge in [0, 0.05) is 13.0 Å². The van der Waals surface area contributed by atoms with Crippen molar-refractivity contribution in [2.45, 2.75) is 20.3 Å². The van der Waals surface area contributed by atoms with Crippen molar-refractivity contribution < 1.29 is 4.74 Å². The van der Waals surface area contributed by atoms with E-state index in [1.807, 2.05) is 0 Å². The van der Waals surface area contributed by atoms with Gasteiger partial charge in [0.1, 0.15) is 0 Å². The third-order valence-corrected chi connectivity index (χ3v) is 1.86. The molecular weight excluding hydrogens is 148 g/mol. The van der Waals surface area contributed by atoms with E-state index < -0.39 is 0 Å². The van der Waals surface area contributed by atoms with Gasteiger partial charge >= 0.3 is 0 Å². The minimum absolute atomic E-state index is 0.534. The lowest BCUT2D eigenvalue weighted by atomic mass is 10.00. The summed E-state index contributed by atoms with van der Waals surface area (Å²) in [6.45, 7) is 5.20. The highest BCUT2D eigenvalue weighted by molar-refractivity contribution is 6.18. The molecule has 0 aliphatic rings. The monoisotopic (exact) mass is 164 g/mol. The summed E-state index contributed by atoms with van der Waals surface area (Å²) in [4.78, 5) is 0. The van der Waals surface area contributed by atoms with Gasteiger partial charge in [0.2, 0.25) is 0 Å². The van der Waals surface area contributed by atoms with Crippen LogP contribution in [0.4, 0.5) is 0 Å². The summed E-state index contributed by atoms with van der Waals surface area (Å²) in [6.07, 6.45) is 1.16. The van der Waals surface area contributed by atoms with Gasteiger partial charge in [-0.3, -0.25) is 0 Å². The molecule has 1 unspecified atom stereocenters. The maximum atomic E-state index is 5.71. The maximum absolute atomic E-state index is 5.71. The first kappa shape index (κ1) is 10.2. The van der Waals surface area contributed by atoms with Gasteiger partial charge in [0.25, 0.3) is 0 Å². The zero-order valence-electron chi connectivity index (χ0n) is 7.06. The maximum Gasteiger partial charge on any atom is 0.0501 e. The van der Waals surface area contributed by atoms with Crippen LogP contribution in [0.25, 0.3) is 0 Å². The van der Waals surface area contributed by atoms with Crippen LogP contribution in [0.2, 0.25) is 0 Å². The van der Waals surface area contributed by atoms with Crippen molar-refractivity contribution >= 4 is 11.6 Å². The summed E-state index contributed by atoms with van der Waals surface area (Å²) < 4.78 is 5.01. The Hall–Kier alpha value is 0.250. The standard InChI is InChI=1S/C8H17ClO/c1-7(2)4-8(5-9)6-10-3/h7-8H,4-6H2,1-3H3. The van der Waals surface area contributed by atoms with Gasteiger partial charge in [0.05, 0.1) is 6.61 Å². The van der Waals surface area contributed by atoms with Crippen LogP contribution in [0.5, 0.6) is 0 Å². The van der Waals surface area contributed by atoms with Crippen molar-refractivity contribution in [3.63, 3.8) is 0 Å². The Labute approximate surface area is 68.7 Å². The Morgan fingerprint density at radius 3 is 2.30 bits per heavy atom. The molecule has 0 amide bonds. The Kier molecular flexibility index (Phi) is 6.14. The average molecular weight is 165 g/mol. The molecule has 0 saturated carbocycles. The van der Waals surface area contributed by atoms with Crippen LogP contribution in [0.15, 0.2) is 0 Å². The van der Waals surface area contributed by atoms with E-state index in [-0.39, 0.29) is 0 Å². The number of rotatable bonds is 5. The van der Waals surface area contributed by atoms with Crippen LogP contribution in [-0.2, 0) is 4.74 Å². The molecule has 0 heterocycles. The van der Waals surface area contributed by atoms with E-state index in [9.17, 15) is 0 Å². The minimum atomic E-state index is 0.534. The molecule has 0 aromatic rings. The highest BCUT2D eigenvalue weighted by atomic mass is 35.5. The number of alkyl halides is 1. The molecule has 1 nitrogen and oxygen atoms in total. The molecular formula is C8H17ClO. The fourth-order valence-corrected chi connectivity index (χ4v) is 1.29. The topological polar surface area (TPSA) is 9.23 Å². The SMILES string of the molecule is COCC(CCl)CC(C)C. The van der Waals surface area contributed by atoms with Crippen molar-refractivity contribution in [1.82, 2.24) is 0 Å². The Bertz CT molecular complexity index is 73.7. The number of hydrogen-bond acceptors (Lipinski definition) is 1. The largest absolute Gasteiger partial charge is 0.384 e. The first-order valence-electron chi connectivity index (χ1n) is 3.75. The molecule has 0 spiro atoms. The molecule has 62 valence electrons. The van der Waals surface area contributed by atoms with Crippen LogP contribution in [0.3, 0.4) is 0 Å². The van der Waals surface area contributed by atoms with Crippen molar-refractivity contribution in [2.75, 3.05) is 19.6 Å². The van der Waals surface area contributed by atoms with Gasteiger partial charge in [-0.05, 0) is 18.3 Å². The fourth-order valence-electron chi connectivity index (χ4n) is 1.08. The third-order valence-electron chi connectivity index (χ3n) is 1.43. The molecule has 0 rings (SSSR count). The van der Waals surface area contributed by atoms with E-state index in [0.29, 0.717) is 11.8 Å². The molecule has 0 aromatic heterocycles. The summed E-state index contributed by atoms with van der Waals surface area (Å²) in [6, 6.07) is 0. The van der Waals surface area contributed by atoms with Crippen LogP contribution in [0.1, 0.15) is 20.3 Å². The molecule has 2 heteroatoms. The van der Waals surface area contributed by atoms with Crippen LogP contribution in [-0.4, -0.2) is 19.6 Å². The minimum Gasteiger partial charge on any atom is -0.384 e. The fraction of sp³-hybridized carbons (Fsp3) is 1.00. The second-order valence-corrected chi connectivity index (χ2v) is 3.41. The van der Waals surface area contributed by atoms with E-state index in [4.69, 9.17) is 16.3 Å². The van der Waals surface area contributed by atoms with E-state index in [1.165, 1.54) is 0 Å².